The van der Waals surface area contributed by atoms with Crippen molar-refractivity contribution >= 4 is 34.4 Å². The van der Waals surface area contributed by atoms with E-state index in [1.807, 2.05) is 39.0 Å². The molecule has 7 nitrogen and oxygen atoms in total. The minimum absolute atomic E-state index is 0.148. The summed E-state index contributed by atoms with van der Waals surface area (Å²) < 4.78 is 2.45. The number of pyridine rings is 1. The lowest BCUT2D eigenvalue weighted by Gasteiger charge is -2.14. The van der Waals surface area contributed by atoms with Crippen LogP contribution in [0.4, 0.5) is 5.69 Å². The molecule has 1 N–H and O–H groups in total. The normalized spacial score (nSPS) is 11.1. The van der Waals surface area contributed by atoms with Gasteiger partial charge in [0.15, 0.2) is 0 Å². The lowest BCUT2D eigenvalue weighted by atomic mass is 10.1. The van der Waals surface area contributed by atoms with Crippen LogP contribution >= 0.6 is 11.8 Å². The molecular weight excluding hydrogens is 400 g/mol. The number of benzene rings is 1. The number of amides is 1. The van der Waals surface area contributed by atoms with E-state index in [0.29, 0.717) is 15.9 Å². The molecule has 0 atom stereocenters. The molecule has 0 saturated carbocycles. The number of hydrogen-bond acceptors (Lipinski definition) is 5. The number of aryl methyl sites for hydroxylation is 4. The number of nitrogens with zero attached hydrogens (tertiary/aromatic N) is 3. The van der Waals surface area contributed by atoms with Crippen molar-refractivity contribution in [2.24, 2.45) is 14.1 Å². The average molecular weight is 427 g/mol. The molecule has 2 heterocycles. The monoisotopic (exact) mass is 426 g/mol. The van der Waals surface area contributed by atoms with Crippen LogP contribution < -0.4 is 16.6 Å². The number of aromatic nitrogens is 3. The third kappa shape index (κ3) is 4.18. The van der Waals surface area contributed by atoms with Gasteiger partial charge in [0.1, 0.15) is 5.65 Å². The van der Waals surface area contributed by atoms with Crippen molar-refractivity contribution < 1.29 is 4.79 Å². The molecule has 0 bridgehead atoms. The van der Waals surface area contributed by atoms with Gasteiger partial charge in [-0.05, 0) is 37.5 Å². The third-order valence-electron chi connectivity index (χ3n) is 5.02. The maximum atomic E-state index is 12.9. The topological polar surface area (TPSA) is 86.0 Å². The molecule has 0 unspecified atom stereocenters. The second-order valence-electron chi connectivity index (χ2n) is 7.42. The Labute approximate surface area is 179 Å². The molecule has 30 heavy (non-hydrogen) atoms. The fraction of sp³-hybridized carbons (Fsp3) is 0.364. The molecular formula is C22H26N4O3S. The molecule has 3 aromatic rings. The molecule has 3 rings (SSSR count). The first-order chi connectivity index (χ1) is 14.2. The quantitative estimate of drug-likeness (QED) is 0.613. The van der Waals surface area contributed by atoms with E-state index in [4.69, 9.17) is 0 Å². The summed E-state index contributed by atoms with van der Waals surface area (Å²) in [6, 6.07) is 5.86. The number of fused-ring (bicyclic) bond motifs is 1. The zero-order chi connectivity index (χ0) is 22.0. The van der Waals surface area contributed by atoms with Gasteiger partial charge in [0.2, 0.25) is 5.91 Å². The van der Waals surface area contributed by atoms with Crippen LogP contribution in [0.1, 0.15) is 30.0 Å². The molecule has 1 amide bonds. The number of rotatable bonds is 6. The molecule has 0 aliphatic heterocycles. The fourth-order valence-corrected chi connectivity index (χ4v) is 4.44. The number of anilines is 1. The second kappa shape index (κ2) is 8.87. The molecule has 0 aliphatic carbocycles. The SMILES string of the molecule is CCCc1cnc2c(c1SCC(=O)Nc1ccc(C)cc1C)c(=O)n(C)c(=O)n2C. The largest absolute Gasteiger partial charge is 0.332 e. The zero-order valence-corrected chi connectivity index (χ0v) is 18.7. The van der Waals surface area contributed by atoms with Crippen LogP contribution in [0, 0.1) is 13.8 Å². The van der Waals surface area contributed by atoms with E-state index in [9.17, 15) is 14.4 Å². The number of carbonyl (C=O) groups is 1. The fourth-order valence-electron chi connectivity index (χ4n) is 3.43. The van der Waals surface area contributed by atoms with Crippen LogP contribution in [0.2, 0.25) is 0 Å². The minimum Gasteiger partial charge on any atom is -0.325 e. The first-order valence-corrected chi connectivity index (χ1v) is 10.8. The molecule has 0 fully saturated rings. The molecule has 2 aromatic heterocycles. The summed E-state index contributed by atoms with van der Waals surface area (Å²) in [4.78, 5) is 42.9. The first-order valence-electron chi connectivity index (χ1n) is 9.82. The molecule has 1 aromatic carbocycles. The van der Waals surface area contributed by atoms with Crippen molar-refractivity contribution in [1.82, 2.24) is 14.1 Å². The molecule has 0 spiro atoms. The molecule has 0 aliphatic rings. The van der Waals surface area contributed by atoms with E-state index < -0.39 is 11.2 Å². The number of nitrogens with one attached hydrogen (secondary N) is 1. The maximum absolute atomic E-state index is 12.9. The van der Waals surface area contributed by atoms with Gasteiger partial charge < -0.3 is 5.32 Å². The summed E-state index contributed by atoms with van der Waals surface area (Å²) in [5.41, 5.74) is 3.33. The van der Waals surface area contributed by atoms with Crippen LogP contribution in [0.15, 0.2) is 38.9 Å². The summed E-state index contributed by atoms with van der Waals surface area (Å²) in [6.45, 7) is 6.01. The van der Waals surface area contributed by atoms with E-state index in [2.05, 4.69) is 10.3 Å². The van der Waals surface area contributed by atoms with Crippen molar-refractivity contribution in [2.75, 3.05) is 11.1 Å². The van der Waals surface area contributed by atoms with Crippen molar-refractivity contribution in [1.29, 1.82) is 0 Å². The Balaban J connectivity index is 1.97. The van der Waals surface area contributed by atoms with Crippen LogP contribution in [-0.2, 0) is 25.3 Å². The maximum Gasteiger partial charge on any atom is 0.332 e. The smallest absolute Gasteiger partial charge is 0.325 e. The van der Waals surface area contributed by atoms with Gasteiger partial charge >= 0.3 is 5.69 Å². The van der Waals surface area contributed by atoms with Crippen molar-refractivity contribution in [3.05, 3.63) is 61.9 Å². The molecule has 158 valence electrons. The molecule has 8 heteroatoms. The van der Waals surface area contributed by atoms with Crippen LogP contribution in [0.3, 0.4) is 0 Å². The van der Waals surface area contributed by atoms with Crippen LogP contribution in [-0.4, -0.2) is 25.8 Å². The Bertz CT molecular complexity index is 1240. The van der Waals surface area contributed by atoms with Gasteiger partial charge in [-0.1, -0.05) is 31.0 Å². The highest BCUT2D eigenvalue weighted by molar-refractivity contribution is 8.00. The van der Waals surface area contributed by atoms with Crippen molar-refractivity contribution in [3.8, 4) is 0 Å². The zero-order valence-electron chi connectivity index (χ0n) is 17.9. The number of thioether (sulfide) groups is 1. The minimum atomic E-state index is -0.424. The predicted octanol–water partition coefficient (Wildman–Crippen LogP) is 2.93. The summed E-state index contributed by atoms with van der Waals surface area (Å²) in [5.74, 6) is -0.00389. The van der Waals surface area contributed by atoms with Gasteiger partial charge in [-0.15, -0.1) is 11.8 Å². The van der Waals surface area contributed by atoms with Crippen LogP contribution in [0.5, 0.6) is 0 Å². The highest BCUT2D eigenvalue weighted by atomic mass is 32.2. The van der Waals surface area contributed by atoms with Gasteiger partial charge in [0, 0.05) is 30.9 Å². The Morgan fingerprint density at radius 2 is 1.90 bits per heavy atom. The Hall–Kier alpha value is -2.87. The van der Waals surface area contributed by atoms with Gasteiger partial charge in [-0.25, -0.2) is 9.78 Å². The average Bonchev–Trinajstić information content (AvgIpc) is 2.71. The standard InChI is InChI=1S/C22H26N4O3S/c1-6-7-15-11-23-20-18(21(28)26(5)22(29)25(20)4)19(15)30-12-17(27)24-16-9-8-13(2)10-14(16)3/h8-11H,6-7,12H2,1-5H3,(H,24,27). The van der Waals surface area contributed by atoms with E-state index in [-0.39, 0.29) is 11.7 Å². The Kier molecular flexibility index (Phi) is 6.45. The summed E-state index contributed by atoms with van der Waals surface area (Å²) in [7, 11) is 3.05. The summed E-state index contributed by atoms with van der Waals surface area (Å²) >= 11 is 1.31. The van der Waals surface area contributed by atoms with E-state index in [0.717, 1.165) is 39.8 Å². The Morgan fingerprint density at radius 3 is 2.57 bits per heavy atom. The van der Waals surface area contributed by atoms with E-state index >= 15 is 0 Å². The van der Waals surface area contributed by atoms with Gasteiger partial charge in [-0.2, -0.15) is 0 Å². The first kappa shape index (κ1) is 21.8. The highest BCUT2D eigenvalue weighted by Gasteiger charge is 2.18. The second-order valence-corrected chi connectivity index (χ2v) is 8.41. The van der Waals surface area contributed by atoms with E-state index in [1.165, 1.54) is 23.4 Å². The van der Waals surface area contributed by atoms with Crippen molar-refractivity contribution in [2.45, 2.75) is 38.5 Å². The molecule has 0 radical (unpaired) electrons. The lowest BCUT2D eigenvalue weighted by Crippen LogP contribution is -2.37. The van der Waals surface area contributed by atoms with E-state index in [1.54, 1.807) is 13.2 Å². The van der Waals surface area contributed by atoms with Gasteiger partial charge in [-0.3, -0.25) is 18.7 Å². The Morgan fingerprint density at radius 1 is 1.17 bits per heavy atom. The van der Waals surface area contributed by atoms with Gasteiger partial charge in [0.05, 0.1) is 11.1 Å². The molecule has 0 saturated heterocycles. The summed E-state index contributed by atoms with van der Waals surface area (Å²) in [5, 5.41) is 3.32. The number of carbonyl (C=O) groups excluding carboxylic acids is 1. The highest BCUT2D eigenvalue weighted by Crippen LogP contribution is 2.29. The third-order valence-corrected chi connectivity index (χ3v) is 6.18. The lowest BCUT2D eigenvalue weighted by molar-refractivity contribution is -0.113. The summed E-state index contributed by atoms with van der Waals surface area (Å²) in [6.07, 6.45) is 3.31. The van der Waals surface area contributed by atoms with Crippen LogP contribution in [0.25, 0.3) is 11.0 Å². The number of hydrogen-bond donors (Lipinski definition) is 1. The van der Waals surface area contributed by atoms with Gasteiger partial charge in [0.25, 0.3) is 5.56 Å². The van der Waals surface area contributed by atoms with Crippen molar-refractivity contribution in [3.63, 3.8) is 0 Å². The predicted molar refractivity (Wildman–Crippen MR) is 121 cm³/mol.